The molecule has 0 radical (unpaired) electrons. The van der Waals surface area contributed by atoms with E-state index in [1.807, 2.05) is 36.4 Å². The lowest BCUT2D eigenvalue weighted by molar-refractivity contribution is -0.120. The molecular formula is C20H25ClN2O3S2. The molecule has 0 aliphatic rings. The summed E-state index contributed by atoms with van der Waals surface area (Å²) in [6, 6.07) is 14.6. The van der Waals surface area contributed by atoms with Crippen LogP contribution in [0.2, 0.25) is 5.02 Å². The molecule has 1 amide bonds. The predicted octanol–water partition coefficient (Wildman–Crippen LogP) is 3.97. The summed E-state index contributed by atoms with van der Waals surface area (Å²) in [5, 5.41) is 3.58. The van der Waals surface area contributed by atoms with Gasteiger partial charge in [-0.25, -0.2) is 13.1 Å². The van der Waals surface area contributed by atoms with Crippen LogP contribution in [0, 0.1) is 0 Å². The number of carbonyl (C=O) groups excluding carboxylic acids is 1. The standard InChI is InChI=1S/C20H25ClN2O3S2/c1-15(2)23-28(25,26)14-17-5-3-16(4-6-17)13-22-20(24)11-12-27-19-9-7-18(21)8-10-19/h3-10,15,23H,11-14H2,1-2H3,(H,22,24). The summed E-state index contributed by atoms with van der Waals surface area (Å²) in [7, 11) is -3.34. The lowest BCUT2D eigenvalue weighted by atomic mass is 10.1. The number of nitrogens with one attached hydrogen (secondary N) is 2. The van der Waals surface area contributed by atoms with Gasteiger partial charge in [0, 0.05) is 34.7 Å². The Balaban J connectivity index is 1.73. The Hall–Kier alpha value is -1.54. The van der Waals surface area contributed by atoms with Crippen molar-refractivity contribution < 1.29 is 13.2 Å². The number of hydrogen-bond acceptors (Lipinski definition) is 4. The summed E-state index contributed by atoms with van der Waals surface area (Å²) in [4.78, 5) is 13.1. The highest BCUT2D eigenvalue weighted by molar-refractivity contribution is 7.99. The van der Waals surface area contributed by atoms with Gasteiger partial charge in [-0.15, -0.1) is 11.8 Å². The maximum absolute atomic E-state index is 12.0. The topological polar surface area (TPSA) is 75.3 Å². The minimum Gasteiger partial charge on any atom is -0.352 e. The third-order valence-corrected chi connectivity index (χ3v) is 6.51. The minimum atomic E-state index is -3.34. The number of rotatable bonds is 10. The normalized spacial score (nSPS) is 11.6. The molecule has 0 aromatic heterocycles. The first kappa shape index (κ1) is 22.7. The predicted molar refractivity (Wildman–Crippen MR) is 116 cm³/mol. The van der Waals surface area contributed by atoms with Crippen LogP contribution in [0.5, 0.6) is 0 Å². The summed E-state index contributed by atoms with van der Waals surface area (Å²) < 4.78 is 26.5. The van der Waals surface area contributed by atoms with Gasteiger partial charge in [0.15, 0.2) is 0 Å². The summed E-state index contributed by atoms with van der Waals surface area (Å²) in [6.45, 7) is 4.00. The first-order valence-electron chi connectivity index (χ1n) is 8.96. The quantitative estimate of drug-likeness (QED) is 0.548. The van der Waals surface area contributed by atoms with Gasteiger partial charge in [-0.3, -0.25) is 4.79 Å². The van der Waals surface area contributed by atoms with Crippen molar-refractivity contribution in [2.75, 3.05) is 5.75 Å². The average molecular weight is 441 g/mol. The molecule has 0 aliphatic heterocycles. The van der Waals surface area contributed by atoms with E-state index in [1.165, 1.54) is 0 Å². The Kier molecular flexibility index (Phi) is 8.82. The molecule has 2 rings (SSSR count). The number of amides is 1. The Labute approximate surface area is 176 Å². The zero-order chi connectivity index (χ0) is 20.6. The summed E-state index contributed by atoms with van der Waals surface area (Å²) in [5.41, 5.74) is 1.64. The van der Waals surface area contributed by atoms with E-state index in [2.05, 4.69) is 10.0 Å². The third kappa shape index (κ3) is 8.65. The number of hydrogen-bond donors (Lipinski definition) is 2. The van der Waals surface area contributed by atoms with Crippen LogP contribution in [0.25, 0.3) is 0 Å². The van der Waals surface area contributed by atoms with E-state index in [0.29, 0.717) is 29.3 Å². The molecule has 0 aliphatic carbocycles. The fraction of sp³-hybridized carbons (Fsp3) is 0.350. The summed E-state index contributed by atoms with van der Waals surface area (Å²) in [5.74, 6) is 0.613. The Morgan fingerprint density at radius 3 is 2.25 bits per heavy atom. The van der Waals surface area contributed by atoms with E-state index in [0.717, 1.165) is 10.5 Å². The molecule has 2 aromatic carbocycles. The van der Waals surface area contributed by atoms with Crippen molar-refractivity contribution in [1.82, 2.24) is 10.0 Å². The Morgan fingerprint density at radius 1 is 1.04 bits per heavy atom. The van der Waals surface area contributed by atoms with Crippen LogP contribution < -0.4 is 10.0 Å². The molecule has 5 nitrogen and oxygen atoms in total. The van der Waals surface area contributed by atoms with Crippen molar-refractivity contribution in [1.29, 1.82) is 0 Å². The van der Waals surface area contributed by atoms with Crippen molar-refractivity contribution in [3.05, 3.63) is 64.7 Å². The molecule has 8 heteroatoms. The van der Waals surface area contributed by atoms with Crippen molar-refractivity contribution in [2.24, 2.45) is 0 Å². The van der Waals surface area contributed by atoms with Crippen molar-refractivity contribution >= 4 is 39.3 Å². The minimum absolute atomic E-state index is 0.0192. The highest BCUT2D eigenvalue weighted by Gasteiger charge is 2.12. The molecule has 0 bridgehead atoms. The van der Waals surface area contributed by atoms with Gasteiger partial charge in [-0.1, -0.05) is 35.9 Å². The molecule has 0 atom stereocenters. The van der Waals surface area contributed by atoms with Crippen LogP contribution in [0.3, 0.4) is 0 Å². The van der Waals surface area contributed by atoms with Gasteiger partial charge in [0.1, 0.15) is 0 Å². The van der Waals surface area contributed by atoms with E-state index >= 15 is 0 Å². The second-order valence-corrected chi connectivity index (χ2v) is 10.0. The monoisotopic (exact) mass is 440 g/mol. The van der Waals surface area contributed by atoms with Crippen LogP contribution in [-0.2, 0) is 27.1 Å². The van der Waals surface area contributed by atoms with Gasteiger partial charge in [0.05, 0.1) is 5.75 Å². The molecule has 2 N–H and O–H groups in total. The van der Waals surface area contributed by atoms with Crippen molar-refractivity contribution in [3.8, 4) is 0 Å². The van der Waals surface area contributed by atoms with E-state index < -0.39 is 10.0 Å². The maximum atomic E-state index is 12.0. The Morgan fingerprint density at radius 2 is 1.64 bits per heavy atom. The molecule has 28 heavy (non-hydrogen) atoms. The number of thioether (sulfide) groups is 1. The van der Waals surface area contributed by atoms with Crippen molar-refractivity contribution in [2.45, 2.75) is 43.5 Å². The molecule has 0 heterocycles. The largest absolute Gasteiger partial charge is 0.352 e. The molecule has 0 saturated heterocycles. The molecule has 2 aromatic rings. The molecule has 152 valence electrons. The van der Waals surface area contributed by atoms with Crippen LogP contribution in [0.15, 0.2) is 53.4 Å². The molecule has 0 saturated carbocycles. The fourth-order valence-corrected chi connectivity index (χ4v) is 4.87. The molecule has 0 spiro atoms. The van der Waals surface area contributed by atoms with E-state index in [1.54, 1.807) is 37.7 Å². The Bertz CT molecular complexity index is 867. The smallest absolute Gasteiger partial charge is 0.221 e. The number of benzene rings is 2. The molecule has 0 unspecified atom stereocenters. The van der Waals surface area contributed by atoms with Gasteiger partial charge < -0.3 is 5.32 Å². The third-order valence-electron chi connectivity index (χ3n) is 3.70. The summed E-state index contributed by atoms with van der Waals surface area (Å²) in [6.07, 6.45) is 0.421. The SMILES string of the molecule is CC(C)NS(=O)(=O)Cc1ccc(CNC(=O)CCSc2ccc(Cl)cc2)cc1. The highest BCUT2D eigenvalue weighted by atomic mass is 35.5. The van der Waals surface area contributed by atoms with Crippen LogP contribution >= 0.6 is 23.4 Å². The van der Waals surface area contributed by atoms with Gasteiger partial charge in [0.25, 0.3) is 0 Å². The average Bonchev–Trinajstić information content (AvgIpc) is 2.61. The first-order valence-corrected chi connectivity index (χ1v) is 12.0. The van der Waals surface area contributed by atoms with Crippen LogP contribution in [0.4, 0.5) is 0 Å². The van der Waals surface area contributed by atoms with E-state index in [9.17, 15) is 13.2 Å². The van der Waals surface area contributed by atoms with Crippen LogP contribution in [0.1, 0.15) is 31.4 Å². The van der Waals surface area contributed by atoms with Crippen molar-refractivity contribution in [3.63, 3.8) is 0 Å². The van der Waals surface area contributed by atoms with Crippen LogP contribution in [-0.4, -0.2) is 26.1 Å². The second kappa shape index (κ2) is 10.9. The first-order chi connectivity index (χ1) is 13.2. The zero-order valence-corrected chi connectivity index (χ0v) is 18.3. The lowest BCUT2D eigenvalue weighted by Gasteiger charge is -2.10. The molecular weight excluding hydrogens is 416 g/mol. The summed E-state index contributed by atoms with van der Waals surface area (Å²) >= 11 is 7.46. The lowest BCUT2D eigenvalue weighted by Crippen LogP contribution is -2.31. The fourth-order valence-electron chi connectivity index (χ4n) is 2.45. The van der Waals surface area contributed by atoms with Gasteiger partial charge in [0.2, 0.25) is 15.9 Å². The second-order valence-electron chi connectivity index (χ2n) is 6.68. The van der Waals surface area contributed by atoms with Gasteiger partial charge in [-0.2, -0.15) is 0 Å². The zero-order valence-electron chi connectivity index (χ0n) is 15.9. The van der Waals surface area contributed by atoms with Gasteiger partial charge >= 0.3 is 0 Å². The highest BCUT2D eigenvalue weighted by Crippen LogP contribution is 2.20. The maximum Gasteiger partial charge on any atom is 0.221 e. The van der Waals surface area contributed by atoms with E-state index in [-0.39, 0.29) is 17.7 Å². The number of carbonyl (C=O) groups is 1. The van der Waals surface area contributed by atoms with Gasteiger partial charge in [-0.05, 0) is 49.2 Å². The van der Waals surface area contributed by atoms with E-state index in [4.69, 9.17) is 11.6 Å². The number of halogens is 1. The number of sulfonamides is 1. The molecule has 0 fully saturated rings.